The van der Waals surface area contributed by atoms with Crippen LogP contribution in [0.1, 0.15) is 56.9 Å². The van der Waals surface area contributed by atoms with Gasteiger partial charge in [0, 0.05) is 56.5 Å². The minimum atomic E-state index is -0.142. The fourth-order valence-electron chi connectivity index (χ4n) is 9.82. The maximum absolute atomic E-state index is 5.63. The van der Waals surface area contributed by atoms with Crippen molar-refractivity contribution in [3.05, 3.63) is 241 Å². The van der Waals surface area contributed by atoms with E-state index in [1.54, 1.807) is 7.11 Å². The van der Waals surface area contributed by atoms with Gasteiger partial charge in [0.2, 0.25) is 0 Å². The van der Waals surface area contributed by atoms with Gasteiger partial charge in [-0.1, -0.05) is 144 Å². The van der Waals surface area contributed by atoms with Crippen molar-refractivity contribution in [2.75, 3.05) is 21.8 Å². The van der Waals surface area contributed by atoms with E-state index in [0.717, 1.165) is 68.1 Å². The van der Waals surface area contributed by atoms with E-state index in [-0.39, 0.29) is 10.8 Å². The Morgan fingerprint density at radius 3 is 1.49 bits per heavy atom. The van der Waals surface area contributed by atoms with Crippen LogP contribution in [0.3, 0.4) is 0 Å². The molecule has 10 rings (SSSR count). The molecule has 0 fully saturated rings. The normalized spacial score (nSPS) is 12.5. The third-order valence-corrected chi connectivity index (χ3v) is 13.4. The first kappa shape index (κ1) is 43.1. The fourth-order valence-corrected chi connectivity index (χ4v) is 9.82. The molecule has 0 aromatic heterocycles. The Kier molecular flexibility index (Phi) is 11.3. The average molecular weight is 872 g/mol. The Morgan fingerprint density at radius 2 is 0.866 bits per heavy atom. The summed E-state index contributed by atoms with van der Waals surface area (Å²) in [6.45, 7) is 13.7. The van der Waals surface area contributed by atoms with Crippen LogP contribution in [0, 0.1) is 6.92 Å². The van der Waals surface area contributed by atoms with Crippen LogP contribution in [-0.4, -0.2) is 7.11 Å². The van der Waals surface area contributed by atoms with Gasteiger partial charge < -0.3 is 19.4 Å². The largest absolute Gasteiger partial charge is 0.497 e. The van der Waals surface area contributed by atoms with E-state index < -0.39 is 0 Å². The molecule has 0 radical (unpaired) electrons. The minimum absolute atomic E-state index is 0.0540. The molecule has 0 amide bonds. The Labute approximate surface area is 397 Å². The van der Waals surface area contributed by atoms with Gasteiger partial charge in [0.15, 0.2) is 0 Å². The molecule has 67 heavy (non-hydrogen) atoms. The molecule has 0 unspecified atom stereocenters. The second-order valence-corrected chi connectivity index (χ2v) is 19.1. The molecule has 9 aromatic carbocycles. The lowest BCUT2D eigenvalue weighted by atomic mass is 9.82. The lowest BCUT2D eigenvalue weighted by molar-refractivity contribution is 0.415. The molecule has 4 nitrogen and oxygen atoms in total. The number of benzene rings is 9. The Balaban J connectivity index is 1.16. The Morgan fingerprint density at radius 1 is 0.388 bits per heavy atom. The zero-order chi connectivity index (χ0) is 46.3. The number of para-hydroxylation sites is 3. The highest BCUT2D eigenvalue weighted by atomic mass is 16.5. The molecule has 9 aromatic rings. The average Bonchev–Trinajstić information content (AvgIpc) is 3.59. The third-order valence-electron chi connectivity index (χ3n) is 13.4. The van der Waals surface area contributed by atoms with Crippen molar-refractivity contribution in [2.45, 2.75) is 52.4 Å². The Hall–Kier alpha value is -7.82. The van der Waals surface area contributed by atoms with E-state index in [1.807, 2.05) is 12.1 Å². The summed E-state index contributed by atoms with van der Waals surface area (Å²) in [5, 5.41) is 0. The molecule has 0 N–H and O–H groups in total. The molecule has 0 heterocycles. The molecule has 1 aliphatic rings. The number of aryl methyl sites for hydroxylation is 1. The van der Waals surface area contributed by atoms with Crippen LogP contribution >= 0.6 is 0 Å². The van der Waals surface area contributed by atoms with Crippen molar-refractivity contribution in [3.63, 3.8) is 0 Å². The molecular formula is C63H57N3O. The molecule has 0 saturated carbocycles. The lowest BCUT2D eigenvalue weighted by Gasteiger charge is -2.31. The van der Waals surface area contributed by atoms with E-state index in [0.29, 0.717) is 0 Å². The maximum atomic E-state index is 5.63. The van der Waals surface area contributed by atoms with E-state index in [2.05, 4.69) is 262 Å². The monoisotopic (exact) mass is 871 g/mol. The van der Waals surface area contributed by atoms with E-state index in [1.165, 1.54) is 33.4 Å². The lowest BCUT2D eigenvalue weighted by Crippen LogP contribution is -2.17. The number of methoxy groups -OCH3 is 1. The van der Waals surface area contributed by atoms with Crippen LogP contribution in [0.5, 0.6) is 5.75 Å². The number of fused-ring (bicyclic) bond motifs is 3. The zero-order valence-electron chi connectivity index (χ0n) is 39.5. The predicted octanol–water partition coefficient (Wildman–Crippen LogP) is 17.7. The van der Waals surface area contributed by atoms with E-state index in [9.17, 15) is 0 Å². The highest BCUT2D eigenvalue weighted by Gasteiger charge is 2.36. The number of nitrogens with zero attached hydrogens (tertiary/aromatic N) is 3. The van der Waals surface area contributed by atoms with Crippen LogP contribution in [0.4, 0.5) is 51.2 Å². The van der Waals surface area contributed by atoms with Gasteiger partial charge in [0.25, 0.3) is 0 Å². The fraction of sp³-hybridized carbons (Fsp3) is 0.143. The van der Waals surface area contributed by atoms with Gasteiger partial charge in [0.1, 0.15) is 5.75 Å². The smallest absolute Gasteiger partial charge is 0.119 e. The first-order valence-electron chi connectivity index (χ1n) is 23.3. The minimum Gasteiger partial charge on any atom is -0.497 e. The highest BCUT2D eigenvalue weighted by Crippen LogP contribution is 2.52. The number of rotatable bonds is 11. The molecule has 0 bridgehead atoms. The van der Waals surface area contributed by atoms with Crippen LogP contribution < -0.4 is 19.4 Å². The highest BCUT2D eigenvalue weighted by molar-refractivity contribution is 5.93. The van der Waals surface area contributed by atoms with Crippen LogP contribution in [0.15, 0.2) is 218 Å². The van der Waals surface area contributed by atoms with Crippen molar-refractivity contribution in [2.24, 2.45) is 0 Å². The number of hydrogen-bond acceptors (Lipinski definition) is 4. The molecular weight excluding hydrogens is 815 g/mol. The molecule has 4 heteroatoms. The number of hydrogen-bond donors (Lipinski definition) is 0. The summed E-state index contributed by atoms with van der Waals surface area (Å²) in [5.74, 6) is 0.813. The van der Waals surface area contributed by atoms with Gasteiger partial charge in [-0.05, 0) is 160 Å². The zero-order valence-corrected chi connectivity index (χ0v) is 39.5. The van der Waals surface area contributed by atoms with Crippen molar-refractivity contribution >= 4 is 51.2 Å². The van der Waals surface area contributed by atoms with Gasteiger partial charge in [-0.15, -0.1) is 0 Å². The van der Waals surface area contributed by atoms with Crippen molar-refractivity contribution in [1.82, 2.24) is 0 Å². The summed E-state index contributed by atoms with van der Waals surface area (Å²) in [6.07, 6.45) is 0. The molecule has 330 valence electrons. The predicted molar refractivity (Wildman–Crippen MR) is 283 cm³/mol. The van der Waals surface area contributed by atoms with Gasteiger partial charge in [-0.3, -0.25) is 0 Å². The van der Waals surface area contributed by atoms with Crippen LogP contribution in [-0.2, 0) is 10.8 Å². The standard InChI is InChI=1S/C63H57N3O/c1-44-18-14-17-25-60(44)65(50-32-28-46(29-33-50)62(2,3)4)49-30-26-45(27-31-49)57-42-52(37-41-61(57)66(48-21-12-9-13-22-48)51-34-38-54(67-7)39-35-51)64(47-19-10-8-11-20-47)53-36-40-56-55-23-15-16-24-58(55)63(5,6)59(56)43-53/h8-43H,1-7H3. The summed E-state index contributed by atoms with van der Waals surface area (Å²) in [7, 11) is 1.71. The SMILES string of the molecule is COc1ccc(N(c2ccccc2)c2ccc(N(c3ccccc3)c3ccc4c(c3)C(C)(C)c3ccccc3-4)cc2-c2ccc(N(c3ccc(C(C)(C)C)cc3)c3ccccc3C)cc2)cc1. The molecule has 0 saturated heterocycles. The van der Waals surface area contributed by atoms with Crippen molar-refractivity contribution < 1.29 is 4.74 Å². The summed E-state index contributed by atoms with van der Waals surface area (Å²) in [6, 6.07) is 79.3. The van der Waals surface area contributed by atoms with E-state index in [4.69, 9.17) is 4.74 Å². The van der Waals surface area contributed by atoms with Crippen molar-refractivity contribution in [3.8, 4) is 28.0 Å². The topological polar surface area (TPSA) is 19.0 Å². The summed E-state index contributed by atoms with van der Waals surface area (Å²) in [5.41, 5.74) is 19.7. The van der Waals surface area contributed by atoms with Crippen LogP contribution in [0.2, 0.25) is 0 Å². The molecule has 0 spiro atoms. The molecule has 0 atom stereocenters. The van der Waals surface area contributed by atoms with Gasteiger partial charge >= 0.3 is 0 Å². The van der Waals surface area contributed by atoms with E-state index >= 15 is 0 Å². The number of anilines is 9. The first-order valence-corrected chi connectivity index (χ1v) is 23.3. The summed E-state index contributed by atoms with van der Waals surface area (Å²) < 4.78 is 5.63. The quantitative estimate of drug-likeness (QED) is 0.129. The second kappa shape index (κ2) is 17.5. The van der Waals surface area contributed by atoms with Crippen molar-refractivity contribution in [1.29, 1.82) is 0 Å². The summed E-state index contributed by atoms with van der Waals surface area (Å²) >= 11 is 0. The van der Waals surface area contributed by atoms with Gasteiger partial charge in [-0.25, -0.2) is 0 Å². The molecule has 0 aliphatic heterocycles. The summed E-state index contributed by atoms with van der Waals surface area (Å²) in [4.78, 5) is 7.13. The first-order chi connectivity index (χ1) is 32.5. The maximum Gasteiger partial charge on any atom is 0.119 e. The van der Waals surface area contributed by atoms with Crippen LogP contribution in [0.25, 0.3) is 22.3 Å². The Bertz CT molecular complexity index is 3170. The third kappa shape index (κ3) is 8.14. The molecule has 1 aliphatic carbocycles. The number of ether oxygens (including phenoxy) is 1. The van der Waals surface area contributed by atoms with Gasteiger partial charge in [0.05, 0.1) is 12.8 Å². The second-order valence-electron chi connectivity index (χ2n) is 19.1. The van der Waals surface area contributed by atoms with Gasteiger partial charge in [-0.2, -0.15) is 0 Å².